The smallest absolute Gasteiger partial charge is 0.242 e. The van der Waals surface area contributed by atoms with Crippen molar-refractivity contribution in [2.24, 2.45) is 17.6 Å². The summed E-state index contributed by atoms with van der Waals surface area (Å²) < 4.78 is 0. The molecule has 0 spiro atoms. The minimum Gasteiger partial charge on any atom is -0.354 e. The van der Waals surface area contributed by atoms with E-state index in [9.17, 15) is 9.59 Å². The second-order valence-electron chi connectivity index (χ2n) is 5.99. The van der Waals surface area contributed by atoms with Gasteiger partial charge in [-0.2, -0.15) is 0 Å². The van der Waals surface area contributed by atoms with Gasteiger partial charge in [-0.3, -0.25) is 9.59 Å². The Morgan fingerprint density at radius 2 is 1.95 bits per heavy atom. The molecule has 3 unspecified atom stereocenters. The average Bonchev–Trinajstić information content (AvgIpc) is 2.35. The van der Waals surface area contributed by atoms with Gasteiger partial charge in [0.05, 0.1) is 0 Å². The summed E-state index contributed by atoms with van der Waals surface area (Å²) in [5, 5.41) is 5.61. The number of amides is 2. The summed E-state index contributed by atoms with van der Waals surface area (Å²) in [6.07, 6.45) is 3.59. The Hall–Kier alpha value is -1.10. The van der Waals surface area contributed by atoms with Gasteiger partial charge in [0, 0.05) is 18.5 Å². The second-order valence-corrected chi connectivity index (χ2v) is 5.99. The van der Waals surface area contributed by atoms with Crippen molar-refractivity contribution in [1.29, 1.82) is 0 Å². The van der Waals surface area contributed by atoms with Crippen LogP contribution in [0.25, 0.3) is 0 Å². The van der Waals surface area contributed by atoms with E-state index in [1.165, 1.54) is 0 Å². The fourth-order valence-electron chi connectivity index (χ4n) is 2.32. The van der Waals surface area contributed by atoms with Gasteiger partial charge < -0.3 is 16.4 Å². The van der Waals surface area contributed by atoms with Crippen LogP contribution in [0.15, 0.2) is 0 Å². The molecular formula is C14H27N3O2. The molecule has 3 atom stereocenters. The zero-order valence-electron chi connectivity index (χ0n) is 12.2. The van der Waals surface area contributed by atoms with Gasteiger partial charge in [0.2, 0.25) is 11.8 Å². The van der Waals surface area contributed by atoms with Gasteiger partial charge in [0.15, 0.2) is 0 Å². The molecule has 0 aromatic rings. The highest BCUT2D eigenvalue weighted by molar-refractivity contribution is 5.88. The lowest BCUT2D eigenvalue weighted by molar-refractivity contribution is -0.131. The van der Waals surface area contributed by atoms with E-state index in [0.717, 1.165) is 25.7 Å². The molecule has 0 heterocycles. The third kappa shape index (κ3) is 5.59. The van der Waals surface area contributed by atoms with Crippen LogP contribution in [0, 0.1) is 11.8 Å². The van der Waals surface area contributed by atoms with Gasteiger partial charge in [-0.05, 0) is 32.1 Å². The van der Waals surface area contributed by atoms with E-state index in [-0.39, 0.29) is 23.8 Å². The number of carbonyl (C=O) groups excluding carboxylic acids is 2. The summed E-state index contributed by atoms with van der Waals surface area (Å²) in [6, 6.07) is -0.362. The van der Waals surface area contributed by atoms with E-state index in [1.807, 2.05) is 13.8 Å². The number of nitrogens with one attached hydrogen (secondary N) is 2. The zero-order chi connectivity index (χ0) is 14.4. The Morgan fingerprint density at radius 1 is 1.26 bits per heavy atom. The highest BCUT2D eigenvalue weighted by atomic mass is 16.2. The highest BCUT2D eigenvalue weighted by Gasteiger charge is 2.27. The average molecular weight is 269 g/mol. The molecule has 1 aliphatic rings. The normalized spacial score (nSPS) is 24.9. The predicted molar refractivity (Wildman–Crippen MR) is 75.4 cm³/mol. The standard InChI is InChI=1S/C14H27N3O2/c1-9(2)8-16-13(18)10(3)17-14(19)11-5-4-6-12(15)7-11/h9-12H,4-8,15H2,1-3H3,(H,16,18)(H,17,19). The van der Waals surface area contributed by atoms with Crippen LogP contribution in [0.1, 0.15) is 46.5 Å². The van der Waals surface area contributed by atoms with Crippen LogP contribution in [0.3, 0.4) is 0 Å². The molecule has 0 bridgehead atoms. The van der Waals surface area contributed by atoms with Gasteiger partial charge in [0.25, 0.3) is 0 Å². The van der Waals surface area contributed by atoms with E-state index >= 15 is 0 Å². The molecule has 1 fully saturated rings. The number of carbonyl (C=O) groups is 2. The van der Waals surface area contributed by atoms with Gasteiger partial charge in [0.1, 0.15) is 6.04 Å². The first-order valence-electron chi connectivity index (χ1n) is 7.23. The van der Waals surface area contributed by atoms with Crippen LogP contribution >= 0.6 is 0 Å². The fraction of sp³-hybridized carbons (Fsp3) is 0.857. The first kappa shape index (κ1) is 16.0. The Balaban J connectivity index is 2.36. The molecule has 5 heteroatoms. The lowest BCUT2D eigenvalue weighted by Gasteiger charge is -2.26. The summed E-state index contributed by atoms with van der Waals surface area (Å²) in [4.78, 5) is 23.8. The van der Waals surface area contributed by atoms with Crippen LogP contribution in [-0.2, 0) is 9.59 Å². The van der Waals surface area contributed by atoms with Crippen molar-refractivity contribution >= 4 is 11.8 Å². The first-order chi connectivity index (χ1) is 8.90. The van der Waals surface area contributed by atoms with Crippen LogP contribution in [0.2, 0.25) is 0 Å². The van der Waals surface area contributed by atoms with Crippen LogP contribution in [-0.4, -0.2) is 30.4 Å². The van der Waals surface area contributed by atoms with Crippen LogP contribution in [0.5, 0.6) is 0 Å². The molecule has 1 aliphatic carbocycles. The van der Waals surface area contributed by atoms with Crippen molar-refractivity contribution in [3.05, 3.63) is 0 Å². The van der Waals surface area contributed by atoms with Crippen molar-refractivity contribution in [1.82, 2.24) is 10.6 Å². The Bertz CT molecular complexity index is 318. The van der Waals surface area contributed by atoms with Crippen molar-refractivity contribution in [2.45, 2.75) is 58.5 Å². The highest BCUT2D eigenvalue weighted by Crippen LogP contribution is 2.23. The predicted octanol–water partition coefficient (Wildman–Crippen LogP) is 0.781. The van der Waals surface area contributed by atoms with Gasteiger partial charge in [-0.15, -0.1) is 0 Å². The van der Waals surface area contributed by atoms with Gasteiger partial charge in [-0.1, -0.05) is 20.3 Å². The van der Waals surface area contributed by atoms with E-state index in [1.54, 1.807) is 6.92 Å². The number of hydrogen-bond acceptors (Lipinski definition) is 3. The molecule has 0 aromatic heterocycles. The molecular weight excluding hydrogens is 242 g/mol. The van der Waals surface area contributed by atoms with Crippen molar-refractivity contribution in [3.63, 3.8) is 0 Å². The summed E-state index contributed by atoms with van der Waals surface area (Å²) in [5.74, 6) is 0.205. The Kier molecular flexibility index (Phi) is 6.28. The van der Waals surface area contributed by atoms with Crippen molar-refractivity contribution in [3.8, 4) is 0 Å². The Morgan fingerprint density at radius 3 is 2.53 bits per heavy atom. The Labute approximate surface area is 115 Å². The molecule has 0 aliphatic heterocycles. The molecule has 4 N–H and O–H groups in total. The SMILES string of the molecule is CC(C)CNC(=O)C(C)NC(=O)C1CCCC(N)C1. The lowest BCUT2D eigenvalue weighted by atomic mass is 9.85. The molecule has 0 radical (unpaired) electrons. The lowest BCUT2D eigenvalue weighted by Crippen LogP contribution is -2.48. The fourth-order valence-corrected chi connectivity index (χ4v) is 2.32. The molecule has 1 rings (SSSR count). The minimum atomic E-state index is -0.482. The first-order valence-corrected chi connectivity index (χ1v) is 7.23. The molecule has 0 saturated heterocycles. The molecule has 19 heavy (non-hydrogen) atoms. The second kappa shape index (κ2) is 7.48. The van der Waals surface area contributed by atoms with Gasteiger partial charge >= 0.3 is 0 Å². The third-order valence-corrected chi connectivity index (χ3v) is 3.52. The van der Waals surface area contributed by atoms with Crippen LogP contribution < -0.4 is 16.4 Å². The zero-order valence-corrected chi connectivity index (χ0v) is 12.2. The number of nitrogens with two attached hydrogens (primary N) is 1. The van der Waals surface area contributed by atoms with Crippen LogP contribution in [0.4, 0.5) is 0 Å². The molecule has 0 aromatic carbocycles. The van der Waals surface area contributed by atoms with E-state index < -0.39 is 6.04 Å². The molecule has 1 saturated carbocycles. The maximum absolute atomic E-state index is 12.0. The summed E-state index contributed by atoms with van der Waals surface area (Å²) in [7, 11) is 0. The minimum absolute atomic E-state index is 0.0379. The van der Waals surface area contributed by atoms with E-state index in [4.69, 9.17) is 5.73 Å². The molecule has 110 valence electrons. The van der Waals surface area contributed by atoms with Crippen molar-refractivity contribution in [2.75, 3.05) is 6.54 Å². The van der Waals surface area contributed by atoms with E-state index in [2.05, 4.69) is 10.6 Å². The molecule has 5 nitrogen and oxygen atoms in total. The summed E-state index contributed by atoms with van der Waals surface area (Å²) in [6.45, 7) is 6.42. The number of rotatable bonds is 5. The maximum Gasteiger partial charge on any atom is 0.242 e. The maximum atomic E-state index is 12.0. The summed E-state index contributed by atoms with van der Waals surface area (Å²) in [5.41, 5.74) is 5.88. The van der Waals surface area contributed by atoms with Gasteiger partial charge in [-0.25, -0.2) is 0 Å². The topological polar surface area (TPSA) is 84.2 Å². The third-order valence-electron chi connectivity index (χ3n) is 3.52. The largest absolute Gasteiger partial charge is 0.354 e. The number of hydrogen-bond donors (Lipinski definition) is 3. The summed E-state index contributed by atoms with van der Waals surface area (Å²) >= 11 is 0. The van der Waals surface area contributed by atoms with Crippen molar-refractivity contribution < 1.29 is 9.59 Å². The molecule has 2 amide bonds. The monoisotopic (exact) mass is 269 g/mol. The quantitative estimate of drug-likeness (QED) is 0.689. The van der Waals surface area contributed by atoms with E-state index in [0.29, 0.717) is 12.5 Å².